The molecule has 15 heavy (non-hydrogen) atoms. The number of hydrogen-bond donors (Lipinski definition) is 0. The van der Waals surface area contributed by atoms with Gasteiger partial charge in [-0.25, -0.2) is 4.99 Å². The van der Waals surface area contributed by atoms with Crippen molar-refractivity contribution in [3.8, 4) is 6.07 Å². The minimum absolute atomic E-state index is 0.519. The summed E-state index contributed by atoms with van der Waals surface area (Å²) in [4.78, 5) is 8.22. The summed E-state index contributed by atoms with van der Waals surface area (Å²) in [6.45, 7) is 4.07. The molecule has 0 amide bonds. The van der Waals surface area contributed by atoms with Gasteiger partial charge in [0.05, 0.1) is 6.34 Å². The maximum atomic E-state index is 9.00. The van der Waals surface area contributed by atoms with Gasteiger partial charge in [-0.15, -0.1) is 0 Å². The van der Waals surface area contributed by atoms with Crippen LogP contribution in [0.3, 0.4) is 0 Å². The van der Waals surface area contributed by atoms with Crippen LogP contribution in [0, 0.1) is 11.3 Å². The van der Waals surface area contributed by atoms with Crippen LogP contribution in [-0.4, -0.2) is 43.3 Å². The number of rotatable bonds is 3. The van der Waals surface area contributed by atoms with Gasteiger partial charge in [-0.05, 0) is 19.8 Å². The second-order valence-corrected chi connectivity index (χ2v) is 3.95. The van der Waals surface area contributed by atoms with Crippen LogP contribution >= 0.6 is 0 Å². The Morgan fingerprint density at radius 2 is 2.00 bits per heavy atom. The van der Waals surface area contributed by atoms with E-state index in [2.05, 4.69) is 16.0 Å². The Labute approximate surface area is 91.5 Å². The molecule has 0 spiro atoms. The van der Waals surface area contributed by atoms with Crippen molar-refractivity contribution >= 4 is 6.34 Å². The molecule has 0 aliphatic carbocycles. The van der Waals surface area contributed by atoms with Gasteiger partial charge >= 0.3 is 0 Å². The van der Waals surface area contributed by atoms with Crippen molar-refractivity contribution in [1.29, 1.82) is 5.26 Å². The lowest BCUT2D eigenvalue weighted by Gasteiger charge is -2.18. The van der Waals surface area contributed by atoms with Crippen LogP contribution in [-0.2, 0) is 0 Å². The fourth-order valence-electron chi connectivity index (χ4n) is 1.58. The van der Waals surface area contributed by atoms with Gasteiger partial charge in [0.2, 0.25) is 0 Å². The Balaban J connectivity index is 2.78. The summed E-state index contributed by atoms with van der Waals surface area (Å²) in [5.74, 6) is 0. The normalized spacial score (nSPS) is 17.9. The largest absolute Gasteiger partial charge is 0.373 e. The van der Waals surface area contributed by atoms with E-state index in [4.69, 9.17) is 5.26 Å². The summed E-state index contributed by atoms with van der Waals surface area (Å²) in [5.41, 5.74) is 1.51. The van der Waals surface area contributed by atoms with E-state index in [1.807, 2.05) is 25.9 Å². The summed E-state index contributed by atoms with van der Waals surface area (Å²) in [5, 5.41) is 9.00. The Hall–Kier alpha value is -1.50. The fourth-order valence-corrected chi connectivity index (χ4v) is 1.58. The third-order valence-electron chi connectivity index (χ3n) is 2.45. The quantitative estimate of drug-likeness (QED) is 0.398. The zero-order valence-corrected chi connectivity index (χ0v) is 9.69. The third-order valence-corrected chi connectivity index (χ3v) is 2.45. The predicted molar refractivity (Wildman–Crippen MR) is 61.3 cm³/mol. The molecule has 0 radical (unpaired) electrons. The van der Waals surface area contributed by atoms with Crippen LogP contribution in [0.1, 0.15) is 19.8 Å². The van der Waals surface area contributed by atoms with Crippen molar-refractivity contribution in [3.05, 3.63) is 11.4 Å². The summed E-state index contributed by atoms with van der Waals surface area (Å²) in [6, 6.07) is 2.15. The first kappa shape index (κ1) is 11.6. The molecule has 82 valence electrons. The third kappa shape index (κ3) is 3.28. The molecule has 0 bridgehead atoms. The Morgan fingerprint density at radius 3 is 2.47 bits per heavy atom. The van der Waals surface area contributed by atoms with E-state index in [0.717, 1.165) is 18.8 Å². The number of aliphatic imine (C=N–C) groups is 1. The van der Waals surface area contributed by atoms with Crippen molar-refractivity contribution in [2.45, 2.75) is 19.8 Å². The Morgan fingerprint density at radius 1 is 1.40 bits per heavy atom. The first-order valence-electron chi connectivity index (χ1n) is 5.21. The second-order valence-electron chi connectivity index (χ2n) is 3.95. The molecule has 0 aromatic heterocycles. The van der Waals surface area contributed by atoms with Gasteiger partial charge in [-0.3, -0.25) is 0 Å². The van der Waals surface area contributed by atoms with Crippen molar-refractivity contribution in [2.75, 3.05) is 27.2 Å². The highest BCUT2D eigenvalue weighted by atomic mass is 15.2. The average Bonchev–Trinajstić information content (AvgIpc) is 2.70. The van der Waals surface area contributed by atoms with Crippen LogP contribution in [0.5, 0.6) is 0 Å². The molecule has 1 aliphatic rings. The molecule has 1 saturated heterocycles. The van der Waals surface area contributed by atoms with Crippen molar-refractivity contribution in [2.24, 2.45) is 4.99 Å². The maximum absolute atomic E-state index is 9.00. The Bertz CT molecular complexity index is 303. The molecular weight excluding hydrogens is 188 g/mol. The van der Waals surface area contributed by atoms with Gasteiger partial charge in [0.25, 0.3) is 0 Å². The van der Waals surface area contributed by atoms with Crippen LogP contribution in [0.2, 0.25) is 0 Å². The van der Waals surface area contributed by atoms with Crippen molar-refractivity contribution in [3.63, 3.8) is 0 Å². The smallest absolute Gasteiger partial charge is 0.160 e. The van der Waals surface area contributed by atoms with Crippen LogP contribution in [0.4, 0.5) is 0 Å². The molecule has 1 fully saturated rings. The summed E-state index contributed by atoms with van der Waals surface area (Å²) in [7, 11) is 3.79. The van der Waals surface area contributed by atoms with Gasteiger partial charge in [-0.1, -0.05) is 0 Å². The van der Waals surface area contributed by atoms with Gasteiger partial charge in [-0.2, -0.15) is 5.26 Å². The number of nitriles is 1. The zero-order valence-electron chi connectivity index (χ0n) is 9.69. The van der Waals surface area contributed by atoms with E-state index >= 15 is 0 Å². The monoisotopic (exact) mass is 206 g/mol. The van der Waals surface area contributed by atoms with E-state index in [1.165, 1.54) is 12.8 Å². The number of hydrogen-bond acceptors (Lipinski definition) is 3. The van der Waals surface area contributed by atoms with Gasteiger partial charge in [0.15, 0.2) is 5.70 Å². The summed E-state index contributed by atoms with van der Waals surface area (Å²) < 4.78 is 0. The van der Waals surface area contributed by atoms with Gasteiger partial charge < -0.3 is 9.80 Å². The van der Waals surface area contributed by atoms with Gasteiger partial charge in [0.1, 0.15) is 6.07 Å². The summed E-state index contributed by atoms with van der Waals surface area (Å²) >= 11 is 0. The molecule has 1 rings (SSSR count). The molecule has 4 nitrogen and oxygen atoms in total. The van der Waals surface area contributed by atoms with Crippen LogP contribution < -0.4 is 0 Å². The lowest BCUT2D eigenvalue weighted by atomic mass is 10.3. The van der Waals surface area contributed by atoms with Crippen LogP contribution in [0.15, 0.2) is 16.4 Å². The van der Waals surface area contributed by atoms with Crippen molar-refractivity contribution < 1.29 is 0 Å². The maximum Gasteiger partial charge on any atom is 0.160 e. The molecule has 0 aromatic rings. The average molecular weight is 206 g/mol. The highest BCUT2D eigenvalue weighted by Crippen LogP contribution is 2.17. The fraction of sp³-hybridized carbons (Fsp3) is 0.636. The minimum atomic E-state index is 0.519. The van der Waals surface area contributed by atoms with E-state index in [9.17, 15) is 0 Å². The molecule has 0 N–H and O–H groups in total. The van der Waals surface area contributed by atoms with E-state index in [1.54, 1.807) is 6.34 Å². The topological polar surface area (TPSA) is 42.6 Å². The molecule has 0 saturated carbocycles. The number of likely N-dealkylation sites (tertiary alicyclic amines) is 1. The number of allylic oxidation sites excluding steroid dienone is 2. The van der Waals surface area contributed by atoms with E-state index < -0.39 is 0 Å². The molecule has 4 heteroatoms. The first-order chi connectivity index (χ1) is 7.15. The van der Waals surface area contributed by atoms with E-state index in [0.29, 0.717) is 5.70 Å². The minimum Gasteiger partial charge on any atom is -0.373 e. The standard InChI is InChI=1S/C11H18N4/c1-10(15-6-4-5-7-15)11(8-12)13-9-14(2)3/h9H,4-7H2,1-3H3. The lowest BCUT2D eigenvalue weighted by Crippen LogP contribution is -2.18. The molecule has 1 heterocycles. The van der Waals surface area contributed by atoms with E-state index in [-0.39, 0.29) is 0 Å². The molecular formula is C11H18N4. The molecule has 1 aliphatic heterocycles. The zero-order chi connectivity index (χ0) is 11.3. The Kier molecular flexibility index (Phi) is 4.17. The first-order valence-corrected chi connectivity index (χ1v) is 5.21. The van der Waals surface area contributed by atoms with Gasteiger partial charge in [0, 0.05) is 32.9 Å². The highest BCUT2D eigenvalue weighted by Gasteiger charge is 2.14. The summed E-state index contributed by atoms with van der Waals surface area (Å²) in [6.07, 6.45) is 4.10. The lowest BCUT2D eigenvalue weighted by molar-refractivity contribution is 0.424. The molecule has 0 atom stereocenters. The molecule has 0 unspecified atom stereocenters. The van der Waals surface area contributed by atoms with Crippen molar-refractivity contribution in [1.82, 2.24) is 9.80 Å². The SMILES string of the molecule is CC(=C(C#N)N=CN(C)C)N1CCCC1. The highest BCUT2D eigenvalue weighted by molar-refractivity contribution is 5.57. The number of nitrogens with zero attached hydrogens (tertiary/aromatic N) is 4. The van der Waals surface area contributed by atoms with Crippen LogP contribution in [0.25, 0.3) is 0 Å². The predicted octanol–water partition coefficient (Wildman–Crippen LogP) is 1.43. The second kappa shape index (κ2) is 5.40. The molecule has 0 aromatic carbocycles.